The smallest absolute Gasteiger partial charge is 0.175 e. The molecule has 0 bridgehead atoms. The van der Waals surface area contributed by atoms with E-state index in [4.69, 9.17) is 0 Å². The number of sulfone groups is 1. The zero-order valence-corrected chi connectivity index (χ0v) is 22.4. The van der Waals surface area contributed by atoms with Crippen LogP contribution in [0.15, 0.2) is 126 Å². The van der Waals surface area contributed by atoms with Gasteiger partial charge in [0.1, 0.15) is 0 Å². The van der Waals surface area contributed by atoms with Crippen molar-refractivity contribution in [3.05, 3.63) is 138 Å². The van der Waals surface area contributed by atoms with E-state index in [1.807, 2.05) is 61.5 Å². The molecule has 0 heterocycles. The first kappa shape index (κ1) is 26.8. The van der Waals surface area contributed by atoms with Crippen molar-refractivity contribution in [3.8, 4) is 17.2 Å². The Hall–Kier alpha value is -4.24. The second-order valence-corrected chi connectivity index (χ2v) is 11.1. The molecule has 0 amide bonds. The molecule has 190 valence electrons. The molecule has 1 unspecified atom stereocenters. The first-order chi connectivity index (χ1) is 18.4. The van der Waals surface area contributed by atoms with E-state index < -0.39 is 9.84 Å². The summed E-state index contributed by atoms with van der Waals surface area (Å²) in [7, 11) is -3.25. The summed E-state index contributed by atoms with van der Waals surface area (Å²) in [5.41, 5.74) is 5.54. The maximum absolute atomic E-state index is 11.8. The summed E-state index contributed by atoms with van der Waals surface area (Å²) in [6.07, 6.45) is 8.93. The van der Waals surface area contributed by atoms with Crippen LogP contribution in [0.3, 0.4) is 0 Å². The molecule has 0 aliphatic carbocycles. The van der Waals surface area contributed by atoms with Crippen molar-refractivity contribution in [2.75, 3.05) is 6.26 Å². The minimum atomic E-state index is -3.25. The van der Waals surface area contributed by atoms with Crippen molar-refractivity contribution in [2.45, 2.75) is 24.4 Å². The van der Waals surface area contributed by atoms with Crippen LogP contribution in [-0.2, 0) is 16.4 Å². The monoisotopic (exact) mass is 518 g/mol. The highest BCUT2D eigenvalue weighted by atomic mass is 32.2. The Labute approximate surface area is 225 Å². The zero-order valence-electron chi connectivity index (χ0n) is 21.6. The Morgan fingerprint density at radius 1 is 1.00 bits per heavy atom. The van der Waals surface area contributed by atoms with E-state index in [-0.39, 0.29) is 6.04 Å². The Kier molecular flexibility index (Phi) is 8.38. The van der Waals surface area contributed by atoms with Crippen molar-refractivity contribution < 1.29 is 8.42 Å². The largest absolute Gasteiger partial charge is 0.302 e. The Balaban J connectivity index is 1.77. The Bertz CT molecular complexity index is 1670. The average molecular weight is 519 g/mol. The molecule has 0 aromatic heterocycles. The van der Waals surface area contributed by atoms with Crippen LogP contribution in [0.25, 0.3) is 21.9 Å². The molecule has 0 fully saturated rings. The highest BCUT2D eigenvalue weighted by Gasteiger charge is 2.18. The standard InChI is InChI=1S/C33H30N2O2S/c1-4-6-10-25(5-2)33(35-23-24-15-19-29(20-16-24)38(3,36)37)27-17-18-28(22-34)32(21-27)31-14-9-12-26-11-7-8-13-30(26)31/h4-21,33,35H,1,23H2,2-3H3/b10-6-,25-5+. The Morgan fingerprint density at radius 3 is 2.42 bits per heavy atom. The molecule has 4 aromatic rings. The van der Waals surface area contributed by atoms with Gasteiger partial charge in [-0.1, -0.05) is 91.5 Å². The van der Waals surface area contributed by atoms with Crippen LogP contribution in [0.2, 0.25) is 0 Å². The SMILES string of the molecule is C=C/C=C\C(=C/C)C(NCc1ccc(S(C)(=O)=O)cc1)c1ccc(C#N)c(-c2cccc3ccccc23)c1. The number of nitriles is 1. The van der Waals surface area contributed by atoms with Crippen LogP contribution >= 0.6 is 0 Å². The lowest BCUT2D eigenvalue weighted by Crippen LogP contribution is -2.22. The highest BCUT2D eigenvalue weighted by Crippen LogP contribution is 2.34. The van der Waals surface area contributed by atoms with E-state index in [1.54, 1.807) is 18.2 Å². The maximum atomic E-state index is 11.8. The third-order valence-electron chi connectivity index (χ3n) is 6.53. The molecule has 0 spiro atoms. The van der Waals surface area contributed by atoms with Gasteiger partial charge < -0.3 is 5.32 Å². The molecule has 1 atom stereocenters. The van der Waals surface area contributed by atoms with Gasteiger partial charge in [-0.15, -0.1) is 0 Å². The molecule has 0 radical (unpaired) electrons. The van der Waals surface area contributed by atoms with Crippen molar-refractivity contribution in [3.63, 3.8) is 0 Å². The third-order valence-corrected chi connectivity index (χ3v) is 7.66. The lowest BCUT2D eigenvalue weighted by molar-refractivity contribution is 0.599. The van der Waals surface area contributed by atoms with E-state index >= 15 is 0 Å². The molecule has 0 saturated heterocycles. The van der Waals surface area contributed by atoms with Gasteiger partial charge in [0.25, 0.3) is 0 Å². The second kappa shape index (κ2) is 11.9. The summed E-state index contributed by atoms with van der Waals surface area (Å²) in [5.74, 6) is 0. The van der Waals surface area contributed by atoms with Crippen LogP contribution in [-0.4, -0.2) is 14.7 Å². The summed E-state index contributed by atoms with van der Waals surface area (Å²) in [4.78, 5) is 0.299. The lowest BCUT2D eigenvalue weighted by Gasteiger charge is -2.22. The van der Waals surface area contributed by atoms with Crippen LogP contribution in [0, 0.1) is 11.3 Å². The third kappa shape index (κ3) is 6.00. The summed E-state index contributed by atoms with van der Waals surface area (Å²) in [6, 6.07) is 29.4. The van der Waals surface area contributed by atoms with Gasteiger partial charge in [-0.25, -0.2) is 8.42 Å². The fraction of sp³-hybridized carbons (Fsp3) is 0.121. The van der Waals surface area contributed by atoms with Gasteiger partial charge in [-0.05, 0) is 64.2 Å². The number of nitrogens with one attached hydrogen (secondary N) is 1. The predicted octanol–water partition coefficient (Wildman–Crippen LogP) is 7.30. The molecule has 0 saturated carbocycles. The molecule has 0 aliphatic heterocycles. The van der Waals surface area contributed by atoms with Crippen molar-refractivity contribution >= 4 is 20.6 Å². The first-order valence-electron chi connectivity index (χ1n) is 12.4. The minimum Gasteiger partial charge on any atom is -0.302 e. The molecule has 5 heteroatoms. The van der Waals surface area contributed by atoms with Gasteiger partial charge in [-0.3, -0.25) is 0 Å². The molecule has 1 N–H and O–H groups in total. The topological polar surface area (TPSA) is 70.0 Å². The molecule has 4 nitrogen and oxygen atoms in total. The number of hydrogen-bond acceptors (Lipinski definition) is 4. The number of allylic oxidation sites excluding steroid dienone is 3. The number of fused-ring (bicyclic) bond motifs is 1. The van der Waals surface area contributed by atoms with Crippen LogP contribution < -0.4 is 5.32 Å². The fourth-order valence-electron chi connectivity index (χ4n) is 4.56. The summed E-state index contributed by atoms with van der Waals surface area (Å²) < 4.78 is 23.7. The van der Waals surface area contributed by atoms with Crippen LogP contribution in [0.4, 0.5) is 0 Å². The molecule has 4 rings (SSSR count). The summed E-state index contributed by atoms with van der Waals surface area (Å²) in [5, 5.41) is 15.8. The van der Waals surface area contributed by atoms with Gasteiger partial charge in [0.05, 0.1) is 22.6 Å². The number of rotatable bonds is 9. The highest BCUT2D eigenvalue weighted by molar-refractivity contribution is 7.90. The number of nitrogens with zero attached hydrogens (tertiary/aromatic N) is 1. The summed E-state index contributed by atoms with van der Waals surface area (Å²) >= 11 is 0. The lowest BCUT2D eigenvalue weighted by atomic mass is 9.90. The first-order valence-corrected chi connectivity index (χ1v) is 14.2. The average Bonchev–Trinajstić information content (AvgIpc) is 2.94. The molecular weight excluding hydrogens is 488 g/mol. The van der Waals surface area contributed by atoms with E-state index in [0.717, 1.165) is 38.6 Å². The van der Waals surface area contributed by atoms with Gasteiger partial charge in [0.15, 0.2) is 9.84 Å². The van der Waals surface area contributed by atoms with Gasteiger partial charge in [0, 0.05) is 18.4 Å². The van der Waals surface area contributed by atoms with E-state index in [1.165, 1.54) is 6.26 Å². The normalized spacial score (nSPS) is 12.9. The summed E-state index contributed by atoms with van der Waals surface area (Å²) in [6.45, 7) is 6.33. The van der Waals surface area contributed by atoms with Gasteiger partial charge in [0.2, 0.25) is 0 Å². The van der Waals surface area contributed by atoms with Crippen LogP contribution in [0.5, 0.6) is 0 Å². The second-order valence-electron chi connectivity index (χ2n) is 9.06. The predicted molar refractivity (Wildman–Crippen MR) is 156 cm³/mol. The molecule has 0 aliphatic rings. The number of benzene rings is 4. The quantitative estimate of drug-likeness (QED) is 0.236. The van der Waals surface area contributed by atoms with Crippen molar-refractivity contribution in [1.82, 2.24) is 5.32 Å². The van der Waals surface area contributed by atoms with E-state index in [2.05, 4.69) is 54.4 Å². The maximum Gasteiger partial charge on any atom is 0.175 e. The van der Waals surface area contributed by atoms with Crippen LogP contribution in [0.1, 0.15) is 29.7 Å². The Morgan fingerprint density at radius 2 is 1.74 bits per heavy atom. The van der Waals surface area contributed by atoms with Crippen molar-refractivity contribution in [2.24, 2.45) is 0 Å². The molecule has 38 heavy (non-hydrogen) atoms. The fourth-order valence-corrected chi connectivity index (χ4v) is 5.19. The van der Waals surface area contributed by atoms with E-state index in [9.17, 15) is 13.7 Å². The zero-order chi connectivity index (χ0) is 27.1. The molecular formula is C33H30N2O2S. The van der Waals surface area contributed by atoms with E-state index in [0.29, 0.717) is 17.0 Å². The molecule has 4 aromatic carbocycles. The van der Waals surface area contributed by atoms with Crippen molar-refractivity contribution in [1.29, 1.82) is 5.26 Å². The van der Waals surface area contributed by atoms with Gasteiger partial charge in [-0.2, -0.15) is 5.26 Å². The number of hydrogen-bond donors (Lipinski definition) is 1. The minimum absolute atomic E-state index is 0.174. The van der Waals surface area contributed by atoms with Gasteiger partial charge >= 0.3 is 0 Å².